The summed E-state index contributed by atoms with van der Waals surface area (Å²) in [5.74, 6) is -0.964. The van der Waals surface area contributed by atoms with E-state index in [1.165, 1.54) is 17.0 Å². The Hall–Kier alpha value is -3.79. The summed E-state index contributed by atoms with van der Waals surface area (Å²) >= 11 is 0. The van der Waals surface area contributed by atoms with Crippen LogP contribution in [0.5, 0.6) is 11.6 Å². The lowest BCUT2D eigenvalue weighted by Gasteiger charge is -2.34. The number of benzene rings is 2. The number of halogens is 1. The van der Waals surface area contributed by atoms with Gasteiger partial charge in [0.15, 0.2) is 0 Å². The van der Waals surface area contributed by atoms with Crippen molar-refractivity contribution in [3.8, 4) is 11.6 Å². The van der Waals surface area contributed by atoms with Gasteiger partial charge in [0.05, 0.1) is 16.3 Å². The van der Waals surface area contributed by atoms with E-state index >= 15 is 0 Å². The van der Waals surface area contributed by atoms with E-state index in [2.05, 4.69) is 10.2 Å². The van der Waals surface area contributed by atoms with Crippen molar-refractivity contribution in [3.63, 3.8) is 0 Å². The molecular formula is C23H23FN4O5. The average Bonchev–Trinajstić information content (AvgIpc) is 2.85. The molecule has 172 valence electrons. The number of carbonyl (C=O) groups excluding carboxylic acids is 2. The lowest BCUT2D eigenvalue weighted by Crippen LogP contribution is -2.51. The molecule has 2 heterocycles. The molecule has 1 saturated heterocycles. The third kappa shape index (κ3) is 4.85. The second kappa shape index (κ2) is 9.78. The van der Waals surface area contributed by atoms with Gasteiger partial charge in [0.1, 0.15) is 18.2 Å². The Kier molecular flexibility index (Phi) is 6.64. The number of aromatic amines is 1. The van der Waals surface area contributed by atoms with Crippen LogP contribution in [0, 0.1) is 5.82 Å². The molecule has 33 heavy (non-hydrogen) atoms. The first kappa shape index (κ1) is 22.4. The van der Waals surface area contributed by atoms with Crippen LogP contribution in [0.1, 0.15) is 17.3 Å². The van der Waals surface area contributed by atoms with Gasteiger partial charge < -0.3 is 19.3 Å². The van der Waals surface area contributed by atoms with Crippen molar-refractivity contribution in [1.29, 1.82) is 0 Å². The zero-order chi connectivity index (χ0) is 23.4. The van der Waals surface area contributed by atoms with Crippen LogP contribution in [-0.2, 0) is 9.53 Å². The zero-order valence-corrected chi connectivity index (χ0v) is 18.0. The molecule has 1 fully saturated rings. The van der Waals surface area contributed by atoms with Crippen LogP contribution in [0.2, 0.25) is 0 Å². The molecule has 0 atom stereocenters. The van der Waals surface area contributed by atoms with Crippen molar-refractivity contribution in [2.75, 3.05) is 39.4 Å². The molecule has 1 aromatic heterocycles. The maximum Gasteiger partial charge on any atom is 0.272 e. The summed E-state index contributed by atoms with van der Waals surface area (Å²) in [5.41, 5.74) is -0.498. The molecule has 2 amide bonds. The highest BCUT2D eigenvalue weighted by Gasteiger charge is 2.26. The molecule has 0 saturated carbocycles. The predicted molar refractivity (Wildman–Crippen MR) is 118 cm³/mol. The van der Waals surface area contributed by atoms with Gasteiger partial charge in [-0.05, 0) is 37.3 Å². The van der Waals surface area contributed by atoms with Gasteiger partial charge in [-0.15, -0.1) is 5.10 Å². The standard InChI is InChI=1S/C23H23FN4O5/c1-2-32-14-20(29)27-9-11-28(12-10-27)23(31)18-13-15(7-8-19(18)24)33-22-17-6-4-3-5-16(17)21(30)25-26-22/h3-8,13H,2,9-12,14H2,1H3,(H,25,30). The van der Waals surface area contributed by atoms with Crippen LogP contribution in [0.25, 0.3) is 10.8 Å². The summed E-state index contributed by atoms with van der Waals surface area (Å²) in [5, 5.41) is 7.20. The van der Waals surface area contributed by atoms with Gasteiger partial charge in [-0.2, -0.15) is 0 Å². The van der Waals surface area contributed by atoms with Crippen molar-refractivity contribution >= 4 is 22.6 Å². The first-order chi connectivity index (χ1) is 16.0. The highest BCUT2D eigenvalue weighted by molar-refractivity contribution is 5.95. The minimum absolute atomic E-state index is 0.00588. The van der Waals surface area contributed by atoms with Gasteiger partial charge in [-0.3, -0.25) is 14.4 Å². The van der Waals surface area contributed by atoms with Crippen LogP contribution in [0.15, 0.2) is 47.3 Å². The topological polar surface area (TPSA) is 105 Å². The van der Waals surface area contributed by atoms with Crippen molar-refractivity contribution in [2.45, 2.75) is 6.92 Å². The quantitative estimate of drug-likeness (QED) is 0.612. The Morgan fingerprint density at radius 1 is 1.06 bits per heavy atom. The maximum absolute atomic E-state index is 14.5. The zero-order valence-electron chi connectivity index (χ0n) is 18.0. The molecule has 4 rings (SSSR count). The second-order valence-electron chi connectivity index (χ2n) is 7.46. The first-order valence-electron chi connectivity index (χ1n) is 10.6. The smallest absolute Gasteiger partial charge is 0.272 e. The second-order valence-corrected chi connectivity index (χ2v) is 7.46. The first-order valence-corrected chi connectivity index (χ1v) is 10.6. The molecule has 0 aliphatic carbocycles. The lowest BCUT2D eigenvalue weighted by atomic mass is 10.1. The number of piperazine rings is 1. The monoisotopic (exact) mass is 454 g/mol. The van der Waals surface area contributed by atoms with Crippen molar-refractivity contribution in [1.82, 2.24) is 20.0 Å². The molecule has 2 aromatic carbocycles. The van der Waals surface area contributed by atoms with Crippen LogP contribution < -0.4 is 10.3 Å². The highest BCUT2D eigenvalue weighted by atomic mass is 19.1. The van der Waals surface area contributed by atoms with Gasteiger partial charge in [0.2, 0.25) is 11.8 Å². The van der Waals surface area contributed by atoms with E-state index in [0.717, 1.165) is 6.07 Å². The summed E-state index contributed by atoms with van der Waals surface area (Å²) in [6.45, 7) is 3.54. The fraction of sp³-hybridized carbons (Fsp3) is 0.304. The number of fused-ring (bicyclic) bond motifs is 1. The van der Waals surface area contributed by atoms with E-state index in [0.29, 0.717) is 30.5 Å². The van der Waals surface area contributed by atoms with Crippen LogP contribution in [-0.4, -0.2) is 71.2 Å². The Balaban J connectivity index is 1.49. The largest absolute Gasteiger partial charge is 0.437 e. The Labute approximate surface area is 188 Å². The molecule has 0 spiro atoms. The van der Waals surface area contributed by atoms with E-state index in [1.54, 1.807) is 29.2 Å². The van der Waals surface area contributed by atoms with E-state index in [4.69, 9.17) is 9.47 Å². The van der Waals surface area contributed by atoms with Crippen molar-refractivity contribution in [3.05, 3.63) is 64.2 Å². The number of hydrogen-bond donors (Lipinski definition) is 1. The molecule has 1 aliphatic rings. The number of nitrogens with one attached hydrogen (secondary N) is 1. The minimum atomic E-state index is -0.679. The average molecular weight is 454 g/mol. The summed E-state index contributed by atoms with van der Waals surface area (Å²) in [4.78, 5) is 40.1. The van der Waals surface area contributed by atoms with Gasteiger partial charge in [-0.25, -0.2) is 9.49 Å². The Morgan fingerprint density at radius 3 is 2.48 bits per heavy atom. The van der Waals surface area contributed by atoms with Crippen LogP contribution >= 0.6 is 0 Å². The third-order valence-corrected chi connectivity index (χ3v) is 5.39. The number of ether oxygens (including phenoxy) is 2. The highest BCUT2D eigenvalue weighted by Crippen LogP contribution is 2.27. The molecule has 0 bridgehead atoms. The fourth-order valence-electron chi connectivity index (χ4n) is 3.62. The van der Waals surface area contributed by atoms with E-state index < -0.39 is 11.7 Å². The van der Waals surface area contributed by atoms with E-state index in [1.807, 2.05) is 6.92 Å². The maximum atomic E-state index is 14.5. The molecule has 3 aromatic rings. The molecule has 10 heteroatoms. The molecule has 0 unspecified atom stereocenters. The number of rotatable bonds is 6. The number of H-pyrrole nitrogens is 1. The number of amides is 2. The minimum Gasteiger partial charge on any atom is -0.437 e. The molecule has 1 aliphatic heterocycles. The lowest BCUT2D eigenvalue weighted by molar-refractivity contribution is -0.137. The SMILES string of the molecule is CCOCC(=O)N1CCN(C(=O)c2cc(Oc3n[nH]c(=O)c4ccccc34)ccc2F)CC1. The Morgan fingerprint density at radius 2 is 1.76 bits per heavy atom. The number of nitrogens with zero attached hydrogens (tertiary/aromatic N) is 3. The van der Waals surface area contributed by atoms with Gasteiger partial charge in [0.25, 0.3) is 11.5 Å². The summed E-state index contributed by atoms with van der Waals surface area (Å²) < 4.78 is 25.4. The molecule has 1 N–H and O–H groups in total. The third-order valence-electron chi connectivity index (χ3n) is 5.39. The summed E-state index contributed by atoms with van der Waals surface area (Å²) in [6, 6.07) is 10.6. The van der Waals surface area contributed by atoms with Crippen LogP contribution in [0.3, 0.4) is 0 Å². The normalized spacial score (nSPS) is 13.9. The predicted octanol–water partition coefficient (Wildman–Crippen LogP) is 2.18. The molecule has 0 radical (unpaired) electrons. The molecule has 9 nitrogen and oxygen atoms in total. The fourth-order valence-corrected chi connectivity index (χ4v) is 3.62. The molecular weight excluding hydrogens is 431 g/mol. The van der Waals surface area contributed by atoms with E-state index in [9.17, 15) is 18.8 Å². The summed E-state index contributed by atoms with van der Waals surface area (Å²) in [7, 11) is 0. The number of carbonyl (C=O) groups is 2. The van der Waals surface area contributed by atoms with Crippen molar-refractivity contribution in [2.24, 2.45) is 0 Å². The van der Waals surface area contributed by atoms with Gasteiger partial charge in [0, 0.05) is 32.8 Å². The van der Waals surface area contributed by atoms with Crippen LogP contribution in [0.4, 0.5) is 4.39 Å². The number of hydrogen-bond acceptors (Lipinski definition) is 6. The Bertz CT molecular complexity index is 1240. The van der Waals surface area contributed by atoms with E-state index in [-0.39, 0.29) is 48.4 Å². The summed E-state index contributed by atoms with van der Waals surface area (Å²) in [6.07, 6.45) is 0. The van der Waals surface area contributed by atoms with Crippen molar-refractivity contribution < 1.29 is 23.5 Å². The van der Waals surface area contributed by atoms with Gasteiger partial charge >= 0.3 is 0 Å². The van der Waals surface area contributed by atoms with Gasteiger partial charge in [-0.1, -0.05) is 12.1 Å². The number of aromatic nitrogens is 2.